The molecule has 5 heteroatoms. The lowest BCUT2D eigenvalue weighted by atomic mass is 9.94. The fourth-order valence-corrected chi connectivity index (χ4v) is 4.59. The maximum absolute atomic E-state index is 4.55. The summed E-state index contributed by atoms with van der Waals surface area (Å²) in [5, 5.41) is 4.66. The highest BCUT2D eigenvalue weighted by atomic mass is 15.2. The van der Waals surface area contributed by atoms with Crippen molar-refractivity contribution in [1.29, 1.82) is 0 Å². The first-order chi connectivity index (χ1) is 12.2. The first-order valence-electron chi connectivity index (χ1n) is 9.77. The molecule has 1 saturated heterocycles. The van der Waals surface area contributed by atoms with Crippen molar-refractivity contribution in [2.75, 3.05) is 25.0 Å². The number of aromatic nitrogens is 3. The minimum atomic E-state index is 0.714. The lowest BCUT2D eigenvalue weighted by Crippen LogP contribution is -2.35. The van der Waals surface area contributed by atoms with Crippen LogP contribution in [-0.4, -0.2) is 45.5 Å². The lowest BCUT2D eigenvalue weighted by molar-refractivity contribution is 0.186. The number of likely N-dealkylation sites (tertiary alicyclic amines) is 1. The summed E-state index contributed by atoms with van der Waals surface area (Å²) in [4.78, 5) is 16.1. The van der Waals surface area contributed by atoms with Crippen LogP contribution in [-0.2, 0) is 0 Å². The minimum absolute atomic E-state index is 0.714. The number of hydrogen-bond donors (Lipinski definition) is 1. The van der Waals surface area contributed by atoms with Crippen LogP contribution in [0.5, 0.6) is 0 Å². The molecule has 1 saturated carbocycles. The van der Waals surface area contributed by atoms with Crippen LogP contribution in [0.15, 0.2) is 12.4 Å². The zero-order chi connectivity index (χ0) is 17.2. The summed E-state index contributed by atoms with van der Waals surface area (Å²) < 4.78 is 0. The van der Waals surface area contributed by atoms with Gasteiger partial charge in [0.25, 0.3) is 0 Å². The molecule has 2 aliphatic rings. The molecular formula is C20H29N5. The molecule has 0 amide bonds. The summed E-state index contributed by atoms with van der Waals surface area (Å²) in [7, 11) is 0. The minimum Gasteiger partial charge on any atom is -0.369 e. The second kappa shape index (κ2) is 7.24. The van der Waals surface area contributed by atoms with Gasteiger partial charge in [0.1, 0.15) is 12.1 Å². The van der Waals surface area contributed by atoms with E-state index < -0.39 is 0 Å². The highest BCUT2D eigenvalue weighted by molar-refractivity contribution is 5.89. The summed E-state index contributed by atoms with van der Waals surface area (Å²) >= 11 is 0. The van der Waals surface area contributed by atoms with E-state index in [4.69, 9.17) is 0 Å². The quantitative estimate of drug-likeness (QED) is 0.920. The van der Waals surface area contributed by atoms with Gasteiger partial charge < -0.3 is 10.2 Å². The van der Waals surface area contributed by atoms with Crippen LogP contribution >= 0.6 is 0 Å². The summed E-state index contributed by atoms with van der Waals surface area (Å²) in [6, 6.07) is 2.95. The van der Waals surface area contributed by atoms with Gasteiger partial charge in [0.15, 0.2) is 5.65 Å². The van der Waals surface area contributed by atoms with E-state index in [2.05, 4.69) is 38.2 Å². The molecule has 0 aromatic carbocycles. The highest BCUT2D eigenvalue weighted by Crippen LogP contribution is 2.28. The van der Waals surface area contributed by atoms with Gasteiger partial charge in [0.2, 0.25) is 0 Å². The van der Waals surface area contributed by atoms with E-state index in [1.807, 2.05) is 6.92 Å². The zero-order valence-corrected chi connectivity index (χ0v) is 15.5. The first-order valence-corrected chi connectivity index (χ1v) is 9.77. The van der Waals surface area contributed by atoms with Crippen molar-refractivity contribution in [3.8, 4) is 0 Å². The molecule has 4 rings (SSSR count). The first kappa shape index (κ1) is 16.7. The fraction of sp³-hybridized carbons (Fsp3) is 0.650. The van der Waals surface area contributed by atoms with Gasteiger partial charge in [0, 0.05) is 24.8 Å². The third-order valence-electron chi connectivity index (χ3n) is 5.90. The smallest absolute Gasteiger partial charge is 0.165 e. The van der Waals surface area contributed by atoms with Crippen LogP contribution in [0.4, 0.5) is 5.82 Å². The molecular weight excluding hydrogens is 310 g/mol. The zero-order valence-electron chi connectivity index (χ0n) is 15.5. The van der Waals surface area contributed by atoms with Gasteiger partial charge in [-0.2, -0.15) is 0 Å². The van der Waals surface area contributed by atoms with Crippen molar-refractivity contribution in [2.24, 2.45) is 5.92 Å². The third-order valence-corrected chi connectivity index (χ3v) is 5.90. The van der Waals surface area contributed by atoms with Crippen molar-refractivity contribution < 1.29 is 0 Å². The summed E-state index contributed by atoms with van der Waals surface area (Å²) in [6.07, 6.45) is 10.00. The number of anilines is 1. The monoisotopic (exact) mass is 339 g/mol. The van der Waals surface area contributed by atoms with Crippen LogP contribution in [0.2, 0.25) is 0 Å². The van der Waals surface area contributed by atoms with Gasteiger partial charge in [0.05, 0.1) is 5.39 Å². The van der Waals surface area contributed by atoms with Crippen molar-refractivity contribution in [3.63, 3.8) is 0 Å². The number of pyridine rings is 1. The summed E-state index contributed by atoms with van der Waals surface area (Å²) in [5.41, 5.74) is 3.00. The van der Waals surface area contributed by atoms with Crippen molar-refractivity contribution >= 4 is 16.9 Å². The van der Waals surface area contributed by atoms with E-state index in [0.29, 0.717) is 5.92 Å². The van der Waals surface area contributed by atoms with E-state index in [0.717, 1.165) is 35.1 Å². The molecule has 1 aliphatic carbocycles. The van der Waals surface area contributed by atoms with E-state index >= 15 is 0 Å². The molecule has 134 valence electrons. The third kappa shape index (κ3) is 3.61. The van der Waals surface area contributed by atoms with Gasteiger partial charge in [-0.25, -0.2) is 15.0 Å². The topological polar surface area (TPSA) is 53.9 Å². The molecule has 0 unspecified atom stereocenters. The summed E-state index contributed by atoms with van der Waals surface area (Å²) in [6.45, 7) is 7.62. The molecule has 0 radical (unpaired) electrons. The Labute approximate surface area is 150 Å². The SMILES string of the molecule is Cc1cc(C)c2c(NC[C@H]3CCN(C4CCCCC4)C3)ncnc2n1. The Morgan fingerprint density at radius 3 is 2.80 bits per heavy atom. The molecule has 25 heavy (non-hydrogen) atoms. The second-order valence-corrected chi connectivity index (χ2v) is 7.82. The molecule has 0 bridgehead atoms. The molecule has 3 heterocycles. The average Bonchev–Trinajstić information content (AvgIpc) is 3.09. The van der Waals surface area contributed by atoms with Crippen molar-refractivity contribution in [3.05, 3.63) is 23.7 Å². The maximum atomic E-state index is 4.55. The fourth-order valence-electron chi connectivity index (χ4n) is 4.59. The Hall–Kier alpha value is -1.75. The number of nitrogens with one attached hydrogen (secondary N) is 1. The van der Waals surface area contributed by atoms with Gasteiger partial charge in [-0.3, -0.25) is 0 Å². The van der Waals surface area contributed by atoms with Crippen LogP contribution in [0.3, 0.4) is 0 Å². The Kier molecular flexibility index (Phi) is 4.84. The standard InChI is InChI=1S/C20H29N5/c1-14-10-15(2)24-20-18(14)19(22-13-23-20)21-11-16-8-9-25(12-16)17-6-4-3-5-7-17/h10,13,16-17H,3-9,11-12H2,1-2H3,(H,21,22,23,24)/t16-/m1/s1. The van der Waals surface area contributed by atoms with Gasteiger partial charge >= 0.3 is 0 Å². The van der Waals surface area contributed by atoms with Crippen LogP contribution in [0.1, 0.15) is 49.8 Å². The Bertz CT molecular complexity index is 738. The van der Waals surface area contributed by atoms with E-state index in [-0.39, 0.29) is 0 Å². The van der Waals surface area contributed by atoms with Gasteiger partial charge in [-0.05, 0) is 57.2 Å². The predicted octanol–water partition coefficient (Wildman–Crippen LogP) is 3.71. The average molecular weight is 339 g/mol. The molecule has 5 nitrogen and oxygen atoms in total. The predicted molar refractivity (Wildman–Crippen MR) is 102 cm³/mol. The van der Waals surface area contributed by atoms with Crippen molar-refractivity contribution in [2.45, 2.75) is 58.4 Å². The van der Waals surface area contributed by atoms with Crippen LogP contribution < -0.4 is 5.32 Å². The maximum Gasteiger partial charge on any atom is 0.165 e. The van der Waals surface area contributed by atoms with E-state index in [1.165, 1.54) is 57.2 Å². The Balaban J connectivity index is 1.41. The van der Waals surface area contributed by atoms with Gasteiger partial charge in [-0.15, -0.1) is 0 Å². The largest absolute Gasteiger partial charge is 0.369 e. The second-order valence-electron chi connectivity index (χ2n) is 7.82. The molecule has 2 aromatic rings. The molecule has 1 atom stereocenters. The number of nitrogens with zero attached hydrogens (tertiary/aromatic N) is 4. The van der Waals surface area contributed by atoms with E-state index in [9.17, 15) is 0 Å². The number of hydrogen-bond acceptors (Lipinski definition) is 5. The van der Waals surface area contributed by atoms with Crippen molar-refractivity contribution in [1.82, 2.24) is 19.9 Å². The molecule has 0 spiro atoms. The van der Waals surface area contributed by atoms with Crippen LogP contribution in [0.25, 0.3) is 11.0 Å². The summed E-state index contributed by atoms with van der Waals surface area (Å²) in [5.74, 6) is 1.65. The number of aryl methyl sites for hydroxylation is 2. The number of rotatable bonds is 4. The molecule has 1 aliphatic heterocycles. The molecule has 2 aromatic heterocycles. The van der Waals surface area contributed by atoms with Gasteiger partial charge in [-0.1, -0.05) is 19.3 Å². The molecule has 1 N–H and O–H groups in total. The normalized spacial score (nSPS) is 22.6. The Morgan fingerprint density at radius 1 is 1.12 bits per heavy atom. The van der Waals surface area contributed by atoms with E-state index in [1.54, 1.807) is 6.33 Å². The Morgan fingerprint density at radius 2 is 1.96 bits per heavy atom. The highest BCUT2D eigenvalue weighted by Gasteiger charge is 2.29. The number of fused-ring (bicyclic) bond motifs is 1. The van der Waals surface area contributed by atoms with Crippen LogP contribution in [0, 0.1) is 19.8 Å². The molecule has 2 fully saturated rings. The lowest BCUT2D eigenvalue weighted by Gasteiger charge is -2.31.